The summed E-state index contributed by atoms with van der Waals surface area (Å²) >= 11 is 0. The monoisotopic (exact) mass is 262 g/mol. The van der Waals surface area contributed by atoms with Gasteiger partial charge in [0.05, 0.1) is 6.10 Å². The molecule has 19 heavy (non-hydrogen) atoms. The zero-order valence-electron chi connectivity index (χ0n) is 11.5. The predicted octanol–water partition coefficient (Wildman–Crippen LogP) is 2.07. The Balaban J connectivity index is 1.94. The zero-order valence-corrected chi connectivity index (χ0v) is 11.5. The molecule has 1 saturated heterocycles. The lowest BCUT2D eigenvalue weighted by Gasteiger charge is -2.21. The van der Waals surface area contributed by atoms with E-state index in [2.05, 4.69) is 0 Å². The van der Waals surface area contributed by atoms with Crippen LogP contribution in [-0.2, 0) is 16.1 Å². The summed E-state index contributed by atoms with van der Waals surface area (Å²) in [5.41, 5.74) is 7.60. The van der Waals surface area contributed by atoms with Gasteiger partial charge in [0.15, 0.2) is 0 Å². The first-order valence-corrected chi connectivity index (χ1v) is 6.88. The van der Waals surface area contributed by atoms with Gasteiger partial charge in [0.25, 0.3) is 0 Å². The molecule has 1 heterocycles. The third kappa shape index (κ3) is 3.55. The van der Waals surface area contributed by atoms with Crippen molar-refractivity contribution < 1.29 is 9.53 Å². The Hall–Kier alpha value is -1.39. The van der Waals surface area contributed by atoms with Crippen molar-refractivity contribution >= 4 is 11.6 Å². The second-order valence-corrected chi connectivity index (χ2v) is 4.96. The number of rotatable bonds is 5. The second kappa shape index (κ2) is 6.68. The van der Waals surface area contributed by atoms with Crippen LogP contribution in [0.3, 0.4) is 0 Å². The molecule has 2 N–H and O–H groups in total. The topological polar surface area (TPSA) is 55.6 Å². The van der Waals surface area contributed by atoms with Gasteiger partial charge in [-0.3, -0.25) is 4.79 Å². The predicted molar refractivity (Wildman–Crippen MR) is 76.0 cm³/mol. The number of hydrogen-bond acceptors (Lipinski definition) is 3. The van der Waals surface area contributed by atoms with Gasteiger partial charge >= 0.3 is 0 Å². The number of para-hydroxylation sites is 1. The minimum absolute atomic E-state index is 0.122. The Labute approximate surface area is 114 Å². The number of carbonyl (C=O) groups excluding carboxylic acids is 1. The molecule has 104 valence electrons. The summed E-state index contributed by atoms with van der Waals surface area (Å²) in [5, 5.41) is 0. The second-order valence-electron chi connectivity index (χ2n) is 4.96. The van der Waals surface area contributed by atoms with Crippen molar-refractivity contribution in [3.63, 3.8) is 0 Å². The van der Waals surface area contributed by atoms with Gasteiger partial charge in [-0.25, -0.2) is 0 Å². The van der Waals surface area contributed by atoms with Crippen LogP contribution >= 0.6 is 0 Å². The van der Waals surface area contributed by atoms with Crippen LogP contribution in [0.15, 0.2) is 24.3 Å². The molecule has 0 bridgehead atoms. The highest BCUT2D eigenvalue weighted by Crippen LogP contribution is 2.21. The molecule has 0 radical (unpaired) electrons. The average Bonchev–Trinajstić information content (AvgIpc) is 2.97. The van der Waals surface area contributed by atoms with Gasteiger partial charge in [-0.15, -0.1) is 0 Å². The molecular weight excluding hydrogens is 240 g/mol. The molecular formula is C15H22N2O2. The van der Waals surface area contributed by atoms with Gasteiger partial charge in [0.1, 0.15) is 0 Å². The normalized spacial score (nSPS) is 18.5. The van der Waals surface area contributed by atoms with Crippen molar-refractivity contribution in [1.29, 1.82) is 0 Å². The number of benzene rings is 1. The van der Waals surface area contributed by atoms with Crippen LogP contribution in [0.1, 0.15) is 31.2 Å². The molecule has 1 aliphatic rings. The largest absolute Gasteiger partial charge is 0.378 e. The lowest BCUT2D eigenvalue weighted by atomic mass is 10.1. The Morgan fingerprint density at radius 3 is 2.95 bits per heavy atom. The summed E-state index contributed by atoms with van der Waals surface area (Å²) in [6, 6.07) is 7.76. The van der Waals surface area contributed by atoms with E-state index in [4.69, 9.17) is 10.5 Å². The molecule has 1 fully saturated rings. The van der Waals surface area contributed by atoms with Crippen LogP contribution in [-0.4, -0.2) is 25.7 Å². The fourth-order valence-electron chi connectivity index (χ4n) is 2.47. The first kappa shape index (κ1) is 14.0. The lowest BCUT2D eigenvalue weighted by molar-refractivity contribution is -0.118. The van der Waals surface area contributed by atoms with Gasteiger partial charge in [0, 0.05) is 32.3 Å². The number of carbonyl (C=O) groups is 1. The minimum Gasteiger partial charge on any atom is -0.378 e. The Morgan fingerprint density at radius 2 is 2.26 bits per heavy atom. The molecule has 1 amide bonds. The maximum absolute atomic E-state index is 12.2. The maximum Gasteiger partial charge on any atom is 0.226 e. The van der Waals surface area contributed by atoms with E-state index in [1.54, 1.807) is 4.90 Å². The molecule has 1 aromatic rings. The summed E-state index contributed by atoms with van der Waals surface area (Å²) in [5.74, 6) is 0.122. The van der Waals surface area contributed by atoms with E-state index in [1.807, 2.05) is 31.3 Å². The van der Waals surface area contributed by atoms with E-state index in [9.17, 15) is 4.79 Å². The smallest absolute Gasteiger partial charge is 0.226 e. The standard InChI is InChI=1S/C15H22N2O2/c1-17(14-7-3-2-5-12(14)11-16)15(18)9-8-13-6-4-10-19-13/h2-3,5,7,13H,4,6,8-11,16H2,1H3. The summed E-state index contributed by atoms with van der Waals surface area (Å²) in [6.45, 7) is 1.28. The van der Waals surface area contributed by atoms with Crippen molar-refractivity contribution in [2.45, 2.75) is 38.3 Å². The third-order valence-electron chi connectivity index (χ3n) is 3.65. The van der Waals surface area contributed by atoms with Crippen LogP contribution in [0.4, 0.5) is 5.69 Å². The molecule has 4 heteroatoms. The van der Waals surface area contributed by atoms with E-state index >= 15 is 0 Å². The molecule has 0 saturated carbocycles. The fourth-order valence-corrected chi connectivity index (χ4v) is 2.47. The molecule has 4 nitrogen and oxygen atoms in total. The Bertz CT molecular complexity index is 428. The highest BCUT2D eigenvalue weighted by atomic mass is 16.5. The first-order chi connectivity index (χ1) is 9.22. The van der Waals surface area contributed by atoms with E-state index in [-0.39, 0.29) is 12.0 Å². The summed E-state index contributed by atoms with van der Waals surface area (Å²) in [6.07, 6.45) is 3.80. The number of nitrogens with zero attached hydrogens (tertiary/aromatic N) is 1. The van der Waals surface area contributed by atoms with Crippen molar-refractivity contribution in [3.8, 4) is 0 Å². The molecule has 2 rings (SSSR count). The van der Waals surface area contributed by atoms with Crippen LogP contribution in [0, 0.1) is 0 Å². The van der Waals surface area contributed by atoms with E-state index in [1.165, 1.54) is 0 Å². The summed E-state index contributed by atoms with van der Waals surface area (Å²) < 4.78 is 5.54. The van der Waals surface area contributed by atoms with Gasteiger partial charge in [0.2, 0.25) is 5.91 Å². The molecule has 1 atom stereocenters. The summed E-state index contributed by atoms with van der Waals surface area (Å²) in [4.78, 5) is 13.9. The SMILES string of the molecule is CN(C(=O)CCC1CCCO1)c1ccccc1CN. The van der Waals surface area contributed by atoms with Crippen LogP contribution in [0.2, 0.25) is 0 Å². The quantitative estimate of drug-likeness (QED) is 0.883. The average molecular weight is 262 g/mol. The van der Waals surface area contributed by atoms with Crippen molar-refractivity contribution in [1.82, 2.24) is 0 Å². The molecule has 1 aromatic carbocycles. The number of amides is 1. The first-order valence-electron chi connectivity index (χ1n) is 6.88. The Kier molecular flexibility index (Phi) is 4.93. The molecule has 1 unspecified atom stereocenters. The van der Waals surface area contributed by atoms with E-state index in [0.717, 1.165) is 37.1 Å². The fraction of sp³-hybridized carbons (Fsp3) is 0.533. The van der Waals surface area contributed by atoms with Gasteiger partial charge in [-0.1, -0.05) is 18.2 Å². The molecule has 0 spiro atoms. The highest BCUT2D eigenvalue weighted by molar-refractivity contribution is 5.93. The van der Waals surface area contributed by atoms with E-state index in [0.29, 0.717) is 13.0 Å². The van der Waals surface area contributed by atoms with Crippen molar-refractivity contribution in [2.75, 3.05) is 18.6 Å². The zero-order chi connectivity index (χ0) is 13.7. The van der Waals surface area contributed by atoms with Gasteiger partial charge < -0.3 is 15.4 Å². The van der Waals surface area contributed by atoms with Crippen LogP contribution in [0.25, 0.3) is 0 Å². The molecule has 0 aromatic heterocycles. The van der Waals surface area contributed by atoms with Crippen LogP contribution < -0.4 is 10.6 Å². The number of hydrogen-bond donors (Lipinski definition) is 1. The van der Waals surface area contributed by atoms with E-state index < -0.39 is 0 Å². The van der Waals surface area contributed by atoms with Gasteiger partial charge in [-0.05, 0) is 30.9 Å². The maximum atomic E-state index is 12.2. The third-order valence-corrected chi connectivity index (χ3v) is 3.65. The number of ether oxygens (including phenoxy) is 1. The highest BCUT2D eigenvalue weighted by Gasteiger charge is 2.19. The lowest BCUT2D eigenvalue weighted by Crippen LogP contribution is -2.28. The summed E-state index contributed by atoms with van der Waals surface area (Å²) in [7, 11) is 1.81. The van der Waals surface area contributed by atoms with Crippen LogP contribution in [0.5, 0.6) is 0 Å². The van der Waals surface area contributed by atoms with Crippen molar-refractivity contribution in [2.24, 2.45) is 5.73 Å². The Morgan fingerprint density at radius 1 is 1.47 bits per heavy atom. The van der Waals surface area contributed by atoms with Gasteiger partial charge in [-0.2, -0.15) is 0 Å². The number of nitrogens with two attached hydrogens (primary N) is 1. The number of anilines is 1. The molecule has 0 aliphatic carbocycles. The minimum atomic E-state index is 0.122. The molecule has 1 aliphatic heterocycles. The van der Waals surface area contributed by atoms with Crippen molar-refractivity contribution in [3.05, 3.63) is 29.8 Å².